The molecule has 2 aliphatic rings. The molecule has 5 heteroatoms. The summed E-state index contributed by atoms with van der Waals surface area (Å²) in [7, 11) is 0. The summed E-state index contributed by atoms with van der Waals surface area (Å²) in [5.74, 6) is -1.37. The van der Waals surface area contributed by atoms with Crippen molar-refractivity contribution in [2.45, 2.75) is 26.7 Å². The van der Waals surface area contributed by atoms with Gasteiger partial charge < -0.3 is 5.32 Å². The molecule has 0 radical (unpaired) electrons. The highest BCUT2D eigenvalue weighted by molar-refractivity contribution is 6.08. The number of nitrogens with zero attached hydrogens (tertiary/aromatic N) is 1. The molecule has 5 nitrogen and oxygen atoms in total. The Hall–Kier alpha value is -2.43. The molecule has 0 aromatic heterocycles. The minimum absolute atomic E-state index is 0.210. The summed E-state index contributed by atoms with van der Waals surface area (Å²) >= 11 is 0. The summed E-state index contributed by atoms with van der Waals surface area (Å²) in [6.45, 7) is 3.64. The van der Waals surface area contributed by atoms with E-state index in [1.165, 1.54) is 0 Å². The number of fused-ring (bicyclic) bond motifs is 1. The molecule has 1 aromatic rings. The fourth-order valence-corrected chi connectivity index (χ4v) is 3.23. The van der Waals surface area contributed by atoms with Crippen LogP contribution < -0.4 is 5.32 Å². The van der Waals surface area contributed by atoms with Crippen LogP contribution >= 0.6 is 0 Å². The lowest BCUT2D eigenvalue weighted by atomic mass is 9.85. The number of nitrogens with one attached hydrogen (secondary N) is 1. The predicted octanol–water partition coefficient (Wildman–Crippen LogP) is 2.19. The Morgan fingerprint density at radius 3 is 2.35 bits per heavy atom. The van der Waals surface area contributed by atoms with Gasteiger partial charge >= 0.3 is 0 Å². The number of amides is 3. The Labute approximate surface area is 135 Å². The zero-order valence-corrected chi connectivity index (χ0v) is 13.3. The van der Waals surface area contributed by atoms with Crippen molar-refractivity contribution in [3.8, 4) is 0 Å². The fourth-order valence-electron chi connectivity index (χ4n) is 3.23. The van der Waals surface area contributed by atoms with Crippen LogP contribution in [-0.4, -0.2) is 29.2 Å². The maximum Gasteiger partial charge on any atom is 0.244 e. The summed E-state index contributed by atoms with van der Waals surface area (Å²) in [6.07, 6.45) is 5.05. The lowest BCUT2D eigenvalue weighted by molar-refractivity contribution is -0.142. The van der Waals surface area contributed by atoms with E-state index in [0.29, 0.717) is 18.5 Å². The molecule has 1 aromatic carbocycles. The molecular formula is C18H20N2O3. The number of allylic oxidation sites excluding steroid dienone is 2. The summed E-state index contributed by atoms with van der Waals surface area (Å²) in [5.41, 5.74) is 2.70. The van der Waals surface area contributed by atoms with Crippen LogP contribution in [-0.2, 0) is 14.4 Å². The third-order valence-electron chi connectivity index (χ3n) is 4.57. The number of rotatable bonds is 3. The van der Waals surface area contributed by atoms with Gasteiger partial charge in [-0.05, 0) is 43.9 Å². The minimum Gasteiger partial charge on any atom is -0.324 e. The first kappa shape index (κ1) is 15.5. The number of hydrogen-bond donors (Lipinski definition) is 1. The van der Waals surface area contributed by atoms with Crippen LogP contribution in [0.15, 0.2) is 30.4 Å². The molecule has 1 heterocycles. The summed E-state index contributed by atoms with van der Waals surface area (Å²) in [6, 6.07) is 5.78. The number of likely N-dealkylation sites (tertiary alicyclic amines) is 1. The highest BCUT2D eigenvalue weighted by atomic mass is 16.2. The molecule has 23 heavy (non-hydrogen) atoms. The Morgan fingerprint density at radius 1 is 1.13 bits per heavy atom. The van der Waals surface area contributed by atoms with Gasteiger partial charge in [0.05, 0.1) is 11.8 Å². The van der Waals surface area contributed by atoms with E-state index >= 15 is 0 Å². The second-order valence-electron chi connectivity index (χ2n) is 6.28. The topological polar surface area (TPSA) is 66.5 Å². The lowest BCUT2D eigenvalue weighted by Gasteiger charge is -2.15. The average Bonchev–Trinajstić information content (AvgIpc) is 2.76. The minimum atomic E-state index is -0.341. The van der Waals surface area contributed by atoms with Crippen molar-refractivity contribution in [3.05, 3.63) is 41.5 Å². The van der Waals surface area contributed by atoms with Gasteiger partial charge in [-0.1, -0.05) is 24.3 Å². The molecule has 1 N–H and O–H groups in total. The van der Waals surface area contributed by atoms with Crippen LogP contribution in [0.3, 0.4) is 0 Å². The number of carbonyl (C=O) groups excluding carboxylic acids is 3. The van der Waals surface area contributed by atoms with E-state index in [1.54, 1.807) is 0 Å². The van der Waals surface area contributed by atoms with Gasteiger partial charge in [-0.15, -0.1) is 0 Å². The molecule has 1 fully saturated rings. The van der Waals surface area contributed by atoms with Crippen molar-refractivity contribution in [1.29, 1.82) is 0 Å². The highest BCUT2D eigenvalue weighted by Crippen LogP contribution is 2.34. The molecule has 3 amide bonds. The van der Waals surface area contributed by atoms with E-state index in [-0.39, 0.29) is 36.1 Å². The van der Waals surface area contributed by atoms with Crippen molar-refractivity contribution in [1.82, 2.24) is 4.90 Å². The molecule has 1 aliphatic carbocycles. The van der Waals surface area contributed by atoms with Gasteiger partial charge in [-0.25, -0.2) is 0 Å². The molecule has 1 aliphatic heterocycles. The maximum absolute atomic E-state index is 12.4. The highest BCUT2D eigenvalue weighted by Gasteiger charge is 2.47. The van der Waals surface area contributed by atoms with Crippen molar-refractivity contribution in [3.63, 3.8) is 0 Å². The number of imide groups is 1. The summed E-state index contributed by atoms with van der Waals surface area (Å²) in [4.78, 5) is 38.1. The Bertz CT molecular complexity index is 682. The van der Waals surface area contributed by atoms with E-state index in [2.05, 4.69) is 5.32 Å². The van der Waals surface area contributed by atoms with Crippen molar-refractivity contribution in [2.24, 2.45) is 11.8 Å². The van der Waals surface area contributed by atoms with Crippen LogP contribution in [0, 0.1) is 25.7 Å². The first-order chi connectivity index (χ1) is 11.0. The number of benzene rings is 1. The summed E-state index contributed by atoms with van der Waals surface area (Å²) < 4.78 is 0. The fraction of sp³-hybridized carbons (Fsp3) is 0.389. The predicted molar refractivity (Wildman–Crippen MR) is 86.6 cm³/mol. The van der Waals surface area contributed by atoms with Crippen LogP contribution in [0.2, 0.25) is 0 Å². The Morgan fingerprint density at radius 2 is 1.74 bits per heavy atom. The molecule has 0 unspecified atom stereocenters. The van der Waals surface area contributed by atoms with E-state index in [4.69, 9.17) is 0 Å². The molecule has 0 bridgehead atoms. The van der Waals surface area contributed by atoms with Crippen molar-refractivity contribution >= 4 is 23.4 Å². The number of aryl methyl sites for hydroxylation is 2. The smallest absolute Gasteiger partial charge is 0.244 e. The van der Waals surface area contributed by atoms with Gasteiger partial charge in [0.25, 0.3) is 0 Å². The van der Waals surface area contributed by atoms with Gasteiger partial charge in [-0.3, -0.25) is 19.3 Å². The van der Waals surface area contributed by atoms with Gasteiger partial charge in [-0.2, -0.15) is 0 Å². The maximum atomic E-state index is 12.4. The average molecular weight is 312 g/mol. The van der Waals surface area contributed by atoms with Gasteiger partial charge in [0, 0.05) is 5.69 Å². The lowest BCUT2D eigenvalue weighted by Crippen LogP contribution is -2.38. The molecular weight excluding hydrogens is 292 g/mol. The Balaban J connectivity index is 1.70. The third-order valence-corrected chi connectivity index (χ3v) is 4.57. The van der Waals surface area contributed by atoms with Gasteiger partial charge in [0.15, 0.2) is 0 Å². The molecule has 2 atom stereocenters. The second kappa shape index (κ2) is 5.99. The molecule has 0 spiro atoms. The van der Waals surface area contributed by atoms with Crippen LogP contribution in [0.1, 0.15) is 24.0 Å². The molecule has 3 rings (SSSR count). The van der Waals surface area contributed by atoms with Gasteiger partial charge in [0.2, 0.25) is 17.7 Å². The first-order valence-electron chi connectivity index (χ1n) is 7.84. The van der Waals surface area contributed by atoms with Gasteiger partial charge in [0.1, 0.15) is 6.54 Å². The SMILES string of the molecule is Cc1ccc(C)c(NC(=O)CN2C(=O)[C@H]3CC=CC[C@H]3C2=O)c1. The van der Waals surface area contributed by atoms with Crippen molar-refractivity contribution in [2.75, 3.05) is 11.9 Å². The Kier molecular flexibility index (Phi) is 4.03. The van der Waals surface area contributed by atoms with Crippen LogP contribution in [0.25, 0.3) is 0 Å². The van der Waals surface area contributed by atoms with E-state index in [1.807, 2.05) is 44.2 Å². The largest absolute Gasteiger partial charge is 0.324 e. The third kappa shape index (κ3) is 2.91. The zero-order chi connectivity index (χ0) is 16.6. The molecule has 1 saturated heterocycles. The number of carbonyl (C=O) groups is 3. The number of hydrogen-bond acceptors (Lipinski definition) is 3. The summed E-state index contributed by atoms with van der Waals surface area (Å²) in [5, 5.41) is 2.80. The molecule has 120 valence electrons. The first-order valence-corrected chi connectivity index (χ1v) is 7.84. The molecule has 0 saturated carbocycles. The monoisotopic (exact) mass is 312 g/mol. The van der Waals surface area contributed by atoms with Crippen molar-refractivity contribution < 1.29 is 14.4 Å². The second-order valence-corrected chi connectivity index (χ2v) is 6.28. The van der Waals surface area contributed by atoms with Crippen LogP contribution in [0.4, 0.5) is 5.69 Å². The van der Waals surface area contributed by atoms with E-state index in [9.17, 15) is 14.4 Å². The quantitative estimate of drug-likeness (QED) is 0.687. The zero-order valence-electron chi connectivity index (χ0n) is 13.3. The standard InChI is InChI=1S/C18H20N2O3/c1-11-7-8-12(2)15(9-11)19-16(21)10-20-17(22)13-5-3-4-6-14(13)18(20)23/h3-4,7-9,13-14H,5-6,10H2,1-2H3,(H,19,21)/t13-,14+. The van der Waals surface area contributed by atoms with E-state index in [0.717, 1.165) is 16.0 Å². The number of anilines is 1. The van der Waals surface area contributed by atoms with E-state index < -0.39 is 0 Å². The normalized spacial score (nSPS) is 23.1. The van der Waals surface area contributed by atoms with Crippen LogP contribution in [0.5, 0.6) is 0 Å².